The molecule has 0 saturated carbocycles. The van der Waals surface area contributed by atoms with E-state index < -0.39 is 21.8 Å². The predicted molar refractivity (Wildman–Crippen MR) is 86.4 cm³/mol. The monoisotopic (exact) mass is 329 g/mol. The van der Waals surface area contributed by atoms with Crippen LogP contribution in [0.2, 0.25) is 0 Å². The topological polar surface area (TPSA) is 87.2 Å². The van der Waals surface area contributed by atoms with Crippen molar-refractivity contribution in [3.8, 4) is 0 Å². The third-order valence-electron chi connectivity index (χ3n) is 3.64. The van der Waals surface area contributed by atoms with Crippen molar-refractivity contribution in [2.24, 2.45) is 17.6 Å². The van der Waals surface area contributed by atoms with Crippen molar-refractivity contribution in [2.75, 3.05) is 5.75 Å². The molecule has 0 amide bonds. The lowest BCUT2D eigenvalue weighted by Crippen LogP contribution is -2.43. The van der Waals surface area contributed by atoms with Crippen molar-refractivity contribution in [3.05, 3.63) is 35.1 Å². The number of guanidine groups is 1. The lowest BCUT2D eigenvalue weighted by Gasteiger charge is -2.25. The van der Waals surface area contributed by atoms with Gasteiger partial charge < -0.3 is 5.73 Å². The summed E-state index contributed by atoms with van der Waals surface area (Å²) in [5.41, 5.74) is 6.59. The van der Waals surface area contributed by atoms with Crippen LogP contribution in [0.25, 0.3) is 0 Å². The fraction of sp³-hybridized carbons (Fsp3) is 0.533. The Morgan fingerprint density at radius 3 is 2.36 bits per heavy atom. The molecule has 3 N–H and O–H groups in total. The normalized spacial score (nSPS) is 13.2. The second kappa shape index (κ2) is 7.09. The van der Waals surface area contributed by atoms with Crippen molar-refractivity contribution >= 4 is 16.0 Å². The summed E-state index contributed by atoms with van der Waals surface area (Å²) in [6.45, 7) is 7.30. The lowest BCUT2D eigenvalue weighted by molar-refractivity contribution is 0.437. The average molecular weight is 329 g/mol. The van der Waals surface area contributed by atoms with Gasteiger partial charge in [-0.25, -0.2) is 17.1 Å². The quantitative estimate of drug-likeness (QED) is 0.621. The third kappa shape index (κ3) is 4.98. The van der Waals surface area contributed by atoms with Gasteiger partial charge in [-0.2, -0.15) is 0 Å². The van der Waals surface area contributed by atoms with Gasteiger partial charge in [0.2, 0.25) is 16.0 Å². The predicted octanol–water partition coefficient (Wildman–Crippen LogP) is 2.45. The Balaban J connectivity index is 3.05. The van der Waals surface area contributed by atoms with E-state index >= 15 is 0 Å². The Morgan fingerprint density at radius 2 is 1.91 bits per heavy atom. The number of halogens is 1. The summed E-state index contributed by atoms with van der Waals surface area (Å²) in [6, 6.07) is 4.29. The second-order valence-electron chi connectivity index (χ2n) is 6.03. The van der Waals surface area contributed by atoms with Crippen LogP contribution in [0.3, 0.4) is 0 Å². The van der Waals surface area contributed by atoms with Crippen molar-refractivity contribution in [1.82, 2.24) is 4.31 Å². The molecule has 7 heteroatoms. The third-order valence-corrected chi connectivity index (χ3v) is 5.59. The number of rotatable bonds is 6. The van der Waals surface area contributed by atoms with Gasteiger partial charge in [-0.15, -0.1) is 0 Å². The first-order chi connectivity index (χ1) is 10.0. The molecule has 5 nitrogen and oxygen atoms in total. The first kappa shape index (κ1) is 18.4. The van der Waals surface area contributed by atoms with Crippen LogP contribution in [0.5, 0.6) is 0 Å². The van der Waals surface area contributed by atoms with Crippen molar-refractivity contribution in [3.63, 3.8) is 0 Å². The standard InChI is InChI=1S/C15H24FN3O2S/c1-10(2)12(4)9-22(20,21)19(15(17)18)8-13-5-11(3)6-14(16)7-13/h5-7,10,12H,8-9H2,1-4H3,(H3,17,18)/t12-/m1/s1. The maximum Gasteiger partial charge on any atom is 0.237 e. The van der Waals surface area contributed by atoms with Crippen LogP contribution in [0.4, 0.5) is 4.39 Å². The Bertz CT molecular complexity index is 624. The van der Waals surface area contributed by atoms with Gasteiger partial charge in [-0.05, 0) is 42.0 Å². The van der Waals surface area contributed by atoms with Gasteiger partial charge in [0, 0.05) is 0 Å². The summed E-state index contributed by atoms with van der Waals surface area (Å²) < 4.78 is 39.2. The highest BCUT2D eigenvalue weighted by Gasteiger charge is 2.27. The highest BCUT2D eigenvalue weighted by atomic mass is 32.2. The van der Waals surface area contributed by atoms with Gasteiger partial charge in [-0.1, -0.05) is 26.8 Å². The molecule has 0 saturated heterocycles. The first-order valence-electron chi connectivity index (χ1n) is 7.13. The Hall–Kier alpha value is -1.63. The van der Waals surface area contributed by atoms with Gasteiger partial charge in [0.25, 0.3) is 0 Å². The molecular formula is C15H24FN3O2S. The number of hydrogen-bond acceptors (Lipinski definition) is 3. The van der Waals surface area contributed by atoms with E-state index in [1.807, 2.05) is 20.8 Å². The van der Waals surface area contributed by atoms with Crippen LogP contribution in [0.1, 0.15) is 31.9 Å². The molecule has 0 bridgehead atoms. The lowest BCUT2D eigenvalue weighted by atomic mass is 10.0. The molecule has 0 radical (unpaired) electrons. The summed E-state index contributed by atoms with van der Waals surface area (Å²) in [6.07, 6.45) is 0. The number of benzene rings is 1. The van der Waals surface area contributed by atoms with E-state index in [0.29, 0.717) is 11.1 Å². The minimum Gasteiger partial charge on any atom is -0.369 e. The minimum absolute atomic E-state index is 0.0684. The van der Waals surface area contributed by atoms with E-state index in [1.165, 1.54) is 12.1 Å². The molecule has 1 aromatic carbocycles. The molecular weight excluding hydrogens is 305 g/mol. The van der Waals surface area contributed by atoms with Crippen LogP contribution in [0.15, 0.2) is 18.2 Å². The maximum absolute atomic E-state index is 13.4. The van der Waals surface area contributed by atoms with Gasteiger partial charge in [0.1, 0.15) is 5.82 Å². The molecule has 1 aromatic rings. The Labute approximate surface area is 131 Å². The van der Waals surface area contributed by atoms with E-state index in [9.17, 15) is 12.8 Å². The SMILES string of the molecule is Cc1cc(F)cc(CN(C(=N)N)S(=O)(=O)C[C@@H](C)C(C)C)c1. The number of nitrogens with one attached hydrogen (secondary N) is 1. The molecule has 0 fully saturated rings. The largest absolute Gasteiger partial charge is 0.369 e. The fourth-order valence-corrected chi connectivity index (χ4v) is 3.89. The molecule has 22 heavy (non-hydrogen) atoms. The number of sulfonamides is 1. The molecule has 0 aliphatic rings. The second-order valence-corrected chi connectivity index (χ2v) is 7.97. The highest BCUT2D eigenvalue weighted by molar-refractivity contribution is 7.89. The zero-order valence-corrected chi connectivity index (χ0v) is 14.2. The number of nitrogens with two attached hydrogens (primary N) is 1. The summed E-state index contributed by atoms with van der Waals surface area (Å²) in [5.74, 6) is -0.969. The van der Waals surface area contributed by atoms with E-state index in [0.717, 1.165) is 4.31 Å². The highest BCUT2D eigenvalue weighted by Crippen LogP contribution is 2.18. The van der Waals surface area contributed by atoms with Crippen molar-refractivity contribution < 1.29 is 12.8 Å². The van der Waals surface area contributed by atoms with Gasteiger partial charge in [-0.3, -0.25) is 5.41 Å². The van der Waals surface area contributed by atoms with Gasteiger partial charge in [0.05, 0.1) is 12.3 Å². The maximum atomic E-state index is 13.4. The van der Waals surface area contributed by atoms with Crippen molar-refractivity contribution in [1.29, 1.82) is 5.41 Å². The van der Waals surface area contributed by atoms with Crippen LogP contribution in [0, 0.1) is 30.0 Å². The molecule has 0 aliphatic heterocycles. The van der Waals surface area contributed by atoms with Crippen LogP contribution >= 0.6 is 0 Å². The van der Waals surface area contributed by atoms with Gasteiger partial charge >= 0.3 is 0 Å². The molecule has 0 spiro atoms. The molecule has 0 heterocycles. The van der Waals surface area contributed by atoms with E-state index in [-0.39, 0.29) is 24.1 Å². The minimum atomic E-state index is -3.73. The smallest absolute Gasteiger partial charge is 0.237 e. The van der Waals surface area contributed by atoms with Crippen LogP contribution in [-0.2, 0) is 16.6 Å². The molecule has 0 unspecified atom stereocenters. The van der Waals surface area contributed by atoms with E-state index in [1.54, 1.807) is 13.0 Å². The number of aryl methyl sites for hydroxylation is 1. The van der Waals surface area contributed by atoms with E-state index in [4.69, 9.17) is 11.1 Å². The number of nitrogens with zero attached hydrogens (tertiary/aromatic N) is 1. The molecule has 0 aliphatic carbocycles. The Morgan fingerprint density at radius 1 is 1.32 bits per heavy atom. The van der Waals surface area contributed by atoms with Crippen LogP contribution in [-0.4, -0.2) is 24.4 Å². The van der Waals surface area contributed by atoms with Crippen molar-refractivity contribution in [2.45, 2.75) is 34.2 Å². The summed E-state index contributed by atoms with van der Waals surface area (Å²) in [7, 11) is -3.73. The Kier molecular flexibility index (Phi) is 5.93. The zero-order chi connectivity index (χ0) is 17.1. The summed E-state index contributed by atoms with van der Waals surface area (Å²) in [5, 5.41) is 7.55. The van der Waals surface area contributed by atoms with Gasteiger partial charge in [0.15, 0.2) is 0 Å². The first-order valence-corrected chi connectivity index (χ1v) is 8.74. The molecule has 1 rings (SSSR count). The summed E-state index contributed by atoms with van der Waals surface area (Å²) >= 11 is 0. The molecule has 124 valence electrons. The van der Waals surface area contributed by atoms with E-state index in [2.05, 4.69) is 0 Å². The average Bonchev–Trinajstić information content (AvgIpc) is 2.33. The summed E-state index contributed by atoms with van der Waals surface area (Å²) in [4.78, 5) is 0. The van der Waals surface area contributed by atoms with Crippen LogP contribution < -0.4 is 5.73 Å². The molecule has 0 aromatic heterocycles. The fourth-order valence-electron chi connectivity index (χ4n) is 2.02. The zero-order valence-electron chi connectivity index (χ0n) is 13.4. The number of hydrogen-bond donors (Lipinski definition) is 2. The molecule has 1 atom stereocenters.